The monoisotopic (exact) mass is 459 g/mol. The molecule has 34 heavy (non-hydrogen) atoms. The van der Waals surface area contributed by atoms with Crippen molar-refractivity contribution in [2.45, 2.75) is 57.6 Å². The molecular formula is C26H29N5O3. The van der Waals surface area contributed by atoms with Crippen LogP contribution in [0.25, 0.3) is 28.0 Å². The molecule has 3 heterocycles. The highest BCUT2D eigenvalue weighted by Gasteiger charge is 2.23. The maximum atomic E-state index is 12.1. The number of nitrogens with zero attached hydrogens (tertiary/aromatic N) is 3. The highest BCUT2D eigenvalue weighted by atomic mass is 16.3. The number of hydrogen-bond acceptors (Lipinski definition) is 6. The van der Waals surface area contributed by atoms with Crippen molar-refractivity contribution in [2.24, 2.45) is 5.73 Å². The number of anilines is 1. The van der Waals surface area contributed by atoms with Gasteiger partial charge in [-0.2, -0.15) is 5.10 Å². The van der Waals surface area contributed by atoms with Gasteiger partial charge in [-0.05, 0) is 68.0 Å². The fraction of sp³-hybridized carbons (Fsp3) is 0.346. The number of aliphatic hydroxyl groups is 1. The van der Waals surface area contributed by atoms with Crippen LogP contribution in [0.4, 0.5) is 5.69 Å². The second-order valence-corrected chi connectivity index (χ2v) is 9.23. The van der Waals surface area contributed by atoms with Crippen LogP contribution in [0.5, 0.6) is 0 Å². The second kappa shape index (κ2) is 8.95. The number of amides is 1. The average molecular weight is 460 g/mol. The van der Waals surface area contributed by atoms with E-state index in [9.17, 15) is 9.90 Å². The second-order valence-electron chi connectivity index (χ2n) is 9.23. The van der Waals surface area contributed by atoms with Gasteiger partial charge in [-0.1, -0.05) is 13.8 Å². The van der Waals surface area contributed by atoms with Crippen LogP contribution in [0.1, 0.15) is 61.5 Å². The Bertz CT molecular complexity index is 1320. The summed E-state index contributed by atoms with van der Waals surface area (Å²) in [5, 5.41) is 19.2. The van der Waals surface area contributed by atoms with Gasteiger partial charge in [-0.3, -0.25) is 4.79 Å². The van der Waals surface area contributed by atoms with Crippen molar-refractivity contribution in [1.82, 2.24) is 14.8 Å². The van der Waals surface area contributed by atoms with E-state index in [1.165, 1.54) is 0 Å². The third kappa shape index (κ3) is 4.05. The molecule has 3 aromatic heterocycles. The number of benzene rings is 1. The lowest BCUT2D eigenvalue weighted by atomic mass is 9.92. The lowest BCUT2D eigenvalue weighted by Gasteiger charge is -2.27. The van der Waals surface area contributed by atoms with E-state index in [0.29, 0.717) is 11.3 Å². The summed E-state index contributed by atoms with van der Waals surface area (Å²) in [6, 6.07) is 11.4. The molecule has 1 amide bonds. The molecule has 0 spiro atoms. The third-order valence-corrected chi connectivity index (χ3v) is 6.50. The number of nitrogens with two attached hydrogens (primary N) is 1. The van der Waals surface area contributed by atoms with Gasteiger partial charge < -0.3 is 20.6 Å². The van der Waals surface area contributed by atoms with Crippen LogP contribution in [0.2, 0.25) is 0 Å². The topological polar surface area (TPSA) is 119 Å². The summed E-state index contributed by atoms with van der Waals surface area (Å²) in [6.07, 6.45) is 6.31. The Kier molecular flexibility index (Phi) is 5.83. The molecule has 1 aliphatic carbocycles. The molecule has 1 fully saturated rings. The minimum atomic E-state index is -0.490. The van der Waals surface area contributed by atoms with E-state index in [4.69, 9.17) is 15.2 Å². The first-order valence-electron chi connectivity index (χ1n) is 11.7. The van der Waals surface area contributed by atoms with Gasteiger partial charge in [0.05, 0.1) is 34.7 Å². The fourth-order valence-electron chi connectivity index (χ4n) is 4.73. The first-order chi connectivity index (χ1) is 16.4. The van der Waals surface area contributed by atoms with Gasteiger partial charge in [-0.15, -0.1) is 0 Å². The van der Waals surface area contributed by atoms with E-state index in [2.05, 4.69) is 24.1 Å². The number of furan rings is 1. The Morgan fingerprint density at radius 3 is 2.68 bits per heavy atom. The fourth-order valence-corrected chi connectivity index (χ4v) is 4.73. The van der Waals surface area contributed by atoms with Crippen molar-refractivity contribution < 1.29 is 14.3 Å². The SMILES string of the molecule is CC(C)c1nn(-c2ccc(C(N)=O)c(NC3CCC(O)CC3)c2)c2nccc(-c3ccco3)c12. The summed E-state index contributed by atoms with van der Waals surface area (Å²) in [5.41, 5.74) is 10.1. The maximum absolute atomic E-state index is 12.1. The molecule has 1 aromatic carbocycles. The summed E-state index contributed by atoms with van der Waals surface area (Å²) in [6.45, 7) is 4.21. The Morgan fingerprint density at radius 2 is 2.00 bits per heavy atom. The Balaban J connectivity index is 1.62. The van der Waals surface area contributed by atoms with Gasteiger partial charge in [0.2, 0.25) is 0 Å². The number of aliphatic hydroxyl groups excluding tert-OH is 1. The number of rotatable bonds is 6. The van der Waals surface area contributed by atoms with Crippen LogP contribution in [-0.4, -0.2) is 37.9 Å². The quantitative estimate of drug-likeness (QED) is 0.387. The largest absolute Gasteiger partial charge is 0.464 e. The number of nitrogens with one attached hydrogen (secondary N) is 1. The van der Waals surface area contributed by atoms with Crippen molar-refractivity contribution in [2.75, 3.05) is 5.32 Å². The molecule has 1 saturated carbocycles. The van der Waals surface area contributed by atoms with Gasteiger partial charge in [0.1, 0.15) is 5.76 Å². The van der Waals surface area contributed by atoms with E-state index < -0.39 is 5.91 Å². The number of carbonyl (C=O) groups excluding carboxylic acids is 1. The van der Waals surface area contributed by atoms with Gasteiger partial charge in [0, 0.05) is 23.5 Å². The van der Waals surface area contributed by atoms with Gasteiger partial charge >= 0.3 is 0 Å². The van der Waals surface area contributed by atoms with Crippen molar-refractivity contribution in [1.29, 1.82) is 0 Å². The first kappa shape index (κ1) is 22.2. The predicted molar refractivity (Wildman–Crippen MR) is 131 cm³/mol. The van der Waals surface area contributed by atoms with E-state index in [1.54, 1.807) is 18.5 Å². The van der Waals surface area contributed by atoms with Crippen LogP contribution in [0.3, 0.4) is 0 Å². The number of carbonyl (C=O) groups is 1. The van der Waals surface area contributed by atoms with Crippen LogP contribution in [0, 0.1) is 0 Å². The smallest absolute Gasteiger partial charge is 0.250 e. The van der Waals surface area contributed by atoms with E-state index in [-0.39, 0.29) is 18.1 Å². The van der Waals surface area contributed by atoms with Crippen LogP contribution in [0.15, 0.2) is 53.3 Å². The molecule has 176 valence electrons. The molecule has 0 atom stereocenters. The molecule has 0 saturated heterocycles. The highest BCUT2D eigenvalue weighted by Crippen LogP contribution is 2.35. The molecule has 0 radical (unpaired) electrons. The molecule has 8 heteroatoms. The number of pyridine rings is 1. The summed E-state index contributed by atoms with van der Waals surface area (Å²) in [7, 11) is 0. The van der Waals surface area contributed by atoms with E-state index in [1.807, 2.05) is 35.0 Å². The predicted octanol–water partition coefficient (Wildman–Crippen LogP) is 4.62. The van der Waals surface area contributed by atoms with Crippen molar-refractivity contribution in [3.63, 3.8) is 0 Å². The summed E-state index contributed by atoms with van der Waals surface area (Å²) in [4.78, 5) is 16.8. The van der Waals surface area contributed by atoms with Crippen molar-refractivity contribution in [3.05, 3.63) is 60.1 Å². The summed E-state index contributed by atoms with van der Waals surface area (Å²) in [5.74, 6) is 0.439. The van der Waals surface area contributed by atoms with Crippen LogP contribution >= 0.6 is 0 Å². The first-order valence-corrected chi connectivity index (χ1v) is 11.7. The number of primary amides is 1. The maximum Gasteiger partial charge on any atom is 0.250 e. The molecule has 8 nitrogen and oxygen atoms in total. The summed E-state index contributed by atoms with van der Waals surface area (Å²) < 4.78 is 7.50. The van der Waals surface area contributed by atoms with Crippen molar-refractivity contribution >= 4 is 22.6 Å². The Morgan fingerprint density at radius 1 is 1.21 bits per heavy atom. The standard InChI is InChI=1S/C26H29N5O3/c1-15(2)24-23-20(22-4-3-13-34-22)11-12-28-26(23)31(30-24)17-7-10-19(25(27)33)21(14-17)29-16-5-8-18(32)9-6-16/h3-4,7,10-16,18,29,32H,5-6,8-9H2,1-2H3,(H2,27,33). The van der Waals surface area contributed by atoms with Crippen molar-refractivity contribution in [3.8, 4) is 17.0 Å². The lowest BCUT2D eigenvalue weighted by Crippen LogP contribution is -2.29. The zero-order chi connectivity index (χ0) is 23.8. The molecule has 4 N–H and O–H groups in total. The molecular weight excluding hydrogens is 430 g/mol. The third-order valence-electron chi connectivity index (χ3n) is 6.50. The minimum Gasteiger partial charge on any atom is -0.464 e. The zero-order valence-electron chi connectivity index (χ0n) is 19.4. The highest BCUT2D eigenvalue weighted by molar-refractivity contribution is 5.99. The molecule has 1 aliphatic rings. The number of hydrogen-bond donors (Lipinski definition) is 3. The summed E-state index contributed by atoms with van der Waals surface area (Å²) >= 11 is 0. The van der Waals surface area contributed by atoms with Gasteiger partial charge in [-0.25, -0.2) is 9.67 Å². The van der Waals surface area contributed by atoms with E-state index in [0.717, 1.165) is 59.4 Å². The molecule has 4 aromatic rings. The molecule has 0 bridgehead atoms. The van der Waals surface area contributed by atoms with Crippen LogP contribution in [-0.2, 0) is 0 Å². The van der Waals surface area contributed by atoms with Crippen LogP contribution < -0.4 is 11.1 Å². The molecule has 0 aliphatic heterocycles. The normalized spacial score (nSPS) is 18.5. The van der Waals surface area contributed by atoms with Gasteiger partial charge in [0.25, 0.3) is 5.91 Å². The lowest BCUT2D eigenvalue weighted by molar-refractivity contribution is 0.100. The number of fused-ring (bicyclic) bond motifs is 1. The molecule has 0 unspecified atom stereocenters. The Labute approximate surface area is 197 Å². The van der Waals surface area contributed by atoms with Gasteiger partial charge in [0.15, 0.2) is 5.65 Å². The minimum absolute atomic E-state index is 0.165. The molecule has 5 rings (SSSR count). The van der Waals surface area contributed by atoms with E-state index >= 15 is 0 Å². The Hall–Kier alpha value is -3.65. The average Bonchev–Trinajstić information content (AvgIpc) is 3.49. The number of aromatic nitrogens is 3. The zero-order valence-corrected chi connectivity index (χ0v) is 19.4.